The van der Waals surface area contributed by atoms with Crippen LogP contribution in [0.3, 0.4) is 0 Å². The molecule has 1 unspecified atom stereocenters. The van der Waals surface area contributed by atoms with Crippen molar-refractivity contribution in [3.63, 3.8) is 0 Å². The number of hydrogen-bond acceptors (Lipinski definition) is 5. The molecule has 1 aliphatic heterocycles. The van der Waals surface area contributed by atoms with Gasteiger partial charge in [-0.05, 0) is 19.3 Å². The Balaban J connectivity index is 1.57. The van der Waals surface area contributed by atoms with Crippen LogP contribution in [0.2, 0.25) is 0 Å². The van der Waals surface area contributed by atoms with E-state index >= 15 is 0 Å². The van der Waals surface area contributed by atoms with Crippen LogP contribution in [0.25, 0.3) is 0 Å². The first kappa shape index (κ1) is 11.6. The summed E-state index contributed by atoms with van der Waals surface area (Å²) in [6.07, 6.45) is 3.38. The number of anilines is 1. The van der Waals surface area contributed by atoms with Gasteiger partial charge in [-0.2, -0.15) is 0 Å². The first-order chi connectivity index (χ1) is 8.72. The van der Waals surface area contributed by atoms with Gasteiger partial charge in [-0.3, -0.25) is 9.59 Å². The van der Waals surface area contributed by atoms with E-state index in [1.807, 2.05) is 0 Å². The molecule has 2 amide bonds. The fraction of sp³-hybridized carbons (Fsp3) is 0.636. The lowest BCUT2D eigenvalue weighted by molar-refractivity contribution is -0.126. The molecule has 18 heavy (non-hydrogen) atoms. The third-order valence-corrected chi connectivity index (χ3v) is 4.23. The van der Waals surface area contributed by atoms with E-state index < -0.39 is 0 Å². The van der Waals surface area contributed by atoms with Gasteiger partial charge in [0.15, 0.2) is 0 Å². The summed E-state index contributed by atoms with van der Waals surface area (Å²) in [7, 11) is 0. The molecule has 7 heteroatoms. The van der Waals surface area contributed by atoms with Crippen LogP contribution in [0, 0.1) is 5.92 Å². The van der Waals surface area contributed by atoms with Gasteiger partial charge in [0.1, 0.15) is 5.01 Å². The van der Waals surface area contributed by atoms with Crippen LogP contribution in [0.1, 0.15) is 36.6 Å². The maximum Gasteiger partial charge on any atom is 0.231 e. The molecule has 2 fully saturated rings. The Labute approximate surface area is 108 Å². The van der Waals surface area contributed by atoms with E-state index in [1.54, 1.807) is 0 Å². The highest BCUT2D eigenvalue weighted by Crippen LogP contribution is 2.42. The number of piperidine rings is 1. The molecular weight excluding hydrogens is 252 g/mol. The van der Waals surface area contributed by atoms with Crippen molar-refractivity contribution in [3.05, 3.63) is 5.01 Å². The molecule has 0 radical (unpaired) electrons. The van der Waals surface area contributed by atoms with Crippen LogP contribution in [0.4, 0.5) is 5.13 Å². The lowest BCUT2D eigenvalue weighted by Gasteiger charge is -2.20. The van der Waals surface area contributed by atoms with Crippen LogP contribution in [0.5, 0.6) is 0 Å². The Hall–Kier alpha value is -1.50. The highest BCUT2D eigenvalue weighted by atomic mass is 32.1. The second-order valence-corrected chi connectivity index (χ2v) is 5.76. The largest absolute Gasteiger partial charge is 0.355 e. The van der Waals surface area contributed by atoms with Crippen LogP contribution in [0.15, 0.2) is 0 Å². The highest BCUT2D eigenvalue weighted by Gasteiger charge is 2.29. The molecule has 2 N–H and O–H groups in total. The summed E-state index contributed by atoms with van der Waals surface area (Å²) in [6.45, 7) is 0.416. The molecule has 1 atom stereocenters. The molecule has 6 nitrogen and oxygen atoms in total. The molecule has 1 aromatic rings. The molecule has 0 spiro atoms. The number of rotatable bonds is 3. The molecule has 0 bridgehead atoms. The Morgan fingerprint density at radius 3 is 2.83 bits per heavy atom. The average Bonchev–Trinajstić information content (AvgIpc) is 3.11. The van der Waals surface area contributed by atoms with Gasteiger partial charge in [0, 0.05) is 18.9 Å². The van der Waals surface area contributed by atoms with Gasteiger partial charge in [0.05, 0.1) is 5.92 Å². The SMILES string of the molecule is O=C1CCC(C(=O)Nc2nnc(C3CC3)s2)CN1. The van der Waals surface area contributed by atoms with E-state index in [4.69, 9.17) is 0 Å². The summed E-state index contributed by atoms with van der Waals surface area (Å²) in [4.78, 5) is 23.0. The van der Waals surface area contributed by atoms with Gasteiger partial charge in [0.25, 0.3) is 0 Å². The minimum absolute atomic E-state index is 0.0194. The molecular formula is C11H14N4O2S. The van der Waals surface area contributed by atoms with Crippen molar-refractivity contribution in [2.24, 2.45) is 5.92 Å². The van der Waals surface area contributed by atoms with Crippen molar-refractivity contribution in [1.29, 1.82) is 0 Å². The lowest BCUT2D eigenvalue weighted by Crippen LogP contribution is -2.40. The number of carbonyl (C=O) groups is 2. The van der Waals surface area contributed by atoms with E-state index in [2.05, 4.69) is 20.8 Å². The molecule has 1 aliphatic carbocycles. The number of aromatic nitrogens is 2. The Kier molecular flexibility index (Phi) is 2.99. The lowest BCUT2D eigenvalue weighted by atomic mass is 9.98. The fourth-order valence-corrected chi connectivity index (χ4v) is 2.86. The molecule has 1 saturated carbocycles. The highest BCUT2D eigenvalue weighted by molar-refractivity contribution is 7.15. The number of amides is 2. The molecule has 0 aromatic carbocycles. The molecule has 2 aliphatic rings. The van der Waals surface area contributed by atoms with Crippen molar-refractivity contribution >= 4 is 28.3 Å². The van der Waals surface area contributed by atoms with Gasteiger partial charge < -0.3 is 10.6 Å². The second kappa shape index (κ2) is 4.64. The minimum Gasteiger partial charge on any atom is -0.355 e. The first-order valence-corrected chi connectivity index (χ1v) is 6.95. The first-order valence-electron chi connectivity index (χ1n) is 6.13. The number of carbonyl (C=O) groups excluding carboxylic acids is 2. The average molecular weight is 266 g/mol. The fourth-order valence-electron chi connectivity index (χ4n) is 1.94. The van der Waals surface area contributed by atoms with E-state index in [0.717, 1.165) is 5.01 Å². The van der Waals surface area contributed by atoms with E-state index in [9.17, 15) is 9.59 Å². The summed E-state index contributed by atoms with van der Waals surface area (Å²) < 4.78 is 0. The van der Waals surface area contributed by atoms with Crippen molar-refractivity contribution in [2.45, 2.75) is 31.6 Å². The topological polar surface area (TPSA) is 84.0 Å². The van der Waals surface area contributed by atoms with Gasteiger partial charge in [-0.15, -0.1) is 10.2 Å². The molecule has 1 saturated heterocycles. The van der Waals surface area contributed by atoms with E-state index in [1.165, 1.54) is 24.2 Å². The van der Waals surface area contributed by atoms with Gasteiger partial charge >= 0.3 is 0 Å². The van der Waals surface area contributed by atoms with Crippen LogP contribution in [-0.2, 0) is 9.59 Å². The van der Waals surface area contributed by atoms with Crippen molar-refractivity contribution in [1.82, 2.24) is 15.5 Å². The minimum atomic E-state index is -0.157. The smallest absolute Gasteiger partial charge is 0.231 e. The Bertz CT molecular complexity index is 473. The maximum absolute atomic E-state index is 11.9. The summed E-state index contributed by atoms with van der Waals surface area (Å²) >= 11 is 1.45. The zero-order valence-electron chi connectivity index (χ0n) is 9.81. The molecule has 1 aromatic heterocycles. The monoisotopic (exact) mass is 266 g/mol. The van der Waals surface area contributed by atoms with E-state index in [-0.39, 0.29) is 17.7 Å². The van der Waals surface area contributed by atoms with Gasteiger partial charge in [-0.1, -0.05) is 11.3 Å². The quantitative estimate of drug-likeness (QED) is 0.850. The van der Waals surface area contributed by atoms with Gasteiger partial charge in [-0.25, -0.2) is 0 Å². The summed E-state index contributed by atoms with van der Waals surface area (Å²) in [5, 5.41) is 15.1. The normalized spacial score (nSPS) is 23.6. The molecule has 96 valence electrons. The standard InChI is InChI=1S/C11H14N4O2S/c16-8-4-3-7(5-12-8)9(17)13-11-15-14-10(18-11)6-1-2-6/h6-7H,1-5H2,(H,12,16)(H,13,15,17). The third-order valence-electron chi connectivity index (χ3n) is 3.23. The molecule has 3 rings (SSSR count). The zero-order chi connectivity index (χ0) is 12.5. The van der Waals surface area contributed by atoms with Crippen LogP contribution in [-0.4, -0.2) is 28.6 Å². The summed E-state index contributed by atoms with van der Waals surface area (Å²) in [5.41, 5.74) is 0. The predicted octanol–water partition coefficient (Wildman–Crippen LogP) is 0.880. The van der Waals surface area contributed by atoms with Crippen molar-refractivity contribution in [2.75, 3.05) is 11.9 Å². The van der Waals surface area contributed by atoms with Gasteiger partial charge in [0.2, 0.25) is 16.9 Å². The predicted molar refractivity (Wildman–Crippen MR) is 66.2 cm³/mol. The number of nitrogens with one attached hydrogen (secondary N) is 2. The van der Waals surface area contributed by atoms with Crippen molar-refractivity contribution in [3.8, 4) is 0 Å². The maximum atomic E-state index is 11.9. The van der Waals surface area contributed by atoms with Crippen LogP contribution >= 0.6 is 11.3 Å². The number of nitrogens with zero attached hydrogens (tertiary/aromatic N) is 2. The third kappa shape index (κ3) is 2.50. The van der Waals surface area contributed by atoms with Crippen molar-refractivity contribution < 1.29 is 9.59 Å². The Morgan fingerprint density at radius 1 is 1.33 bits per heavy atom. The Morgan fingerprint density at radius 2 is 2.17 bits per heavy atom. The second-order valence-electron chi connectivity index (χ2n) is 4.75. The summed E-state index contributed by atoms with van der Waals surface area (Å²) in [5.74, 6) is 0.345. The molecule has 2 heterocycles. The summed E-state index contributed by atoms with van der Waals surface area (Å²) in [6, 6.07) is 0. The number of hydrogen-bond donors (Lipinski definition) is 2. The van der Waals surface area contributed by atoms with Crippen LogP contribution < -0.4 is 10.6 Å². The zero-order valence-corrected chi connectivity index (χ0v) is 10.6. The van der Waals surface area contributed by atoms with E-state index in [0.29, 0.717) is 30.4 Å².